The van der Waals surface area contributed by atoms with Gasteiger partial charge in [0.2, 0.25) is 0 Å². The van der Waals surface area contributed by atoms with Crippen molar-refractivity contribution in [1.29, 1.82) is 0 Å². The summed E-state index contributed by atoms with van der Waals surface area (Å²) in [6, 6.07) is 0. The van der Waals surface area contributed by atoms with E-state index >= 15 is 0 Å². The van der Waals surface area contributed by atoms with Crippen molar-refractivity contribution in [2.45, 2.75) is 39.7 Å². The van der Waals surface area contributed by atoms with E-state index in [1.165, 1.54) is 0 Å². The fourth-order valence-corrected chi connectivity index (χ4v) is 1.33. The number of hydrogen-bond donors (Lipinski definition) is 1. The topological polar surface area (TPSA) is 20.2 Å². The Balaban J connectivity index is 0. The second-order valence-corrected chi connectivity index (χ2v) is 3.14. The van der Waals surface area contributed by atoms with Crippen LogP contribution in [0.4, 0.5) is 0 Å². The van der Waals surface area contributed by atoms with Gasteiger partial charge < -0.3 is 5.11 Å². The summed E-state index contributed by atoms with van der Waals surface area (Å²) in [5, 5.41) is 9.66. The van der Waals surface area contributed by atoms with Crippen molar-refractivity contribution in [3.05, 3.63) is 37.5 Å². The summed E-state index contributed by atoms with van der Waals surface area (Å²) in [4.78, 5) is 0. The maximum atomic E-state index is 9.66. The van der Waals surface area contributed by atoms with Crippen LogP contribution in [0.3, 0.4) is 0 Å². The predicted molar refractivity (Wildman–Crippen MR) is 65.3 cm³/mol. The van der Waals surface area contributed by atoms with Crippen LogP contribution in [0.5, 0.6) is 0 Å². The highest BCUT2D eigenvalue weighted by Gasteiger charge is 2.14. The van der Waals surface area contributed by atoms with E-state index in [1.807, 2.05) is 26.0 Å². The van der Waals surface area contributed by atoms with Crippen molar-refractivity contribution < 1.29 is 5.11 Å². The fourth-order valence-electron chi connectivity index (χ4n) is 1.33. The third-order valence-electron chi connectivity index (χ3n) is 2.26. The molecule has 1 heteroatoms. The summed E-state index contributed by atoms with van der Waals surface area (Å²) in [5.41, 5.74) is 1.14. The molecule has 0 saturated heterocycles. The first-order valence-electron chi connectivity index (χ1n) is 5.14. The maximum Gasteiger partial charge on any atom is 0.0605 e. The van der Waals surface area contributed by atoms with Crippen molar-refractivity contribution >= 4 is 0 Å². The van der Waals surface area contributed by atoms with Crippen LogP contribution in [-0.4, -0.2) is 11.2 Å². The van der Waals surface area contributed by atoms with Gasteiger partial charge >= 0.3 is 0 Å². The molecule has 0 heterocycles. The Morgan fingerprint density at radius 1 is 1.43 bits per heavy atom. The molecule has 14 heavy (non-hydrogen) atoms. The molecule has 0 rings (SSSR count). The van der Waals surface area contributed by atoms with Gasteiger partial charge in [0, 0.05) is 5.92 Å². The van der Waals surface area contributed by atoms with Crippen LogP contribution < -0.4 is 0 Å². The number of aliphatic hydroxyl groups excluding tert-OH is 1. The lowest BCUT2D eigenvalue weighted by Gasteiger charge is -2.19. The Morgan fingerprint density at radius 2 is 1.93 bits per heavy atom. The minimum Gasteiger partial charge on any atom is -0.393 e. The van der Waals surface area contributed by atoms with Gasteiger partial charge in [-0.25, -0.2) is 0 Å². The van der Waals surface area contributed by atoms with Gasteiger partial charge in [-0.2, -0.15) is 0 Å². The third-order valence-corrected chi connectivity index (χ3v) is 2.26. The minimum atomic E-state index is -0.223. The van der Waals surface area contributed by atoms with Gasteiger partial charge in [0.1, 0.15) is 0 Å². The van der Waals surface area contributed by atoms with Crippen LogP contribution >= 0.6 is 0 Å². The lowest BCUT2D eigenvalue weighted by molar-refractivity contribution is 0.124. The van der Waals surface area contributed by atoms with Gasteiger partial charge in [-0.1, -0.05) is 39.0 Å². The summed E-state index contributed by atoms with van der Waals surface area (Å²) in [5.74, 6) is 0.215. The standard InChI is InChI=1S/C11H20O.C2H4/c1-5-8-11(12)9(4)10(6-2)7-3;1-2/h6-7,9,11-12H,2,5,8H2,1,3-4H3;1-2H2/b10-7+;. The molecule has 0 aromatic heterocycles. The van der Waals surface area contributed by atoms with Crippen molar-refractivity contribution in [2.24, 2.45) is 5.92 Å². The molecule has 0 aliphatic heterocycles. The van der Waals surface area contributed by atoms with Crippen molar-refractivity contribution in [2.75, 3.05) is 0 Å². The van der Waals surface area contributed by atoms with Crippen LogP contribution in [0.1, 0.15) is 33.6 Å². The van der Waals surface area contributed by atoms with E-state index in [9.17, 15) is 5.11 Å². The van der Waals surface area contributed by atoms with Gasteiger partial charge in [0.15, 0.2) is 0 Å². The largest absolute Gasteiger partial charge is 0.393 e. The average Bonchev–Trinajstić information content (AvgIpc) is 2.23. The van der Waals surface area contributed by atoms with Gasteiger partial charge in [-0.05, 0) is 18.9 Å². The smallest absolute Gasteiger partial charge is 0.0605 e. The molecule has 0 aromatic rings. The molecule has 0 aliphatic rings. The van der Waals surface area contributed by atoms with Crippen LogP contribution in [0.15, 0.2) is 37.5 Å². The molecule has 82 valence electrons. The molecule has 0 radical (unpaired) electrons. The second kappa shape index (κ2) is 10.3. The van der Waals surface area contributed by atoms with E-state index in [0.29, 0.717) is 0 Å². The van der Waals surface area contributed by atoms with Crippen molar-refractivity contribution in [3.8, 4) is 0 Å². The molecular weight excluding hydrogens is 172 g/mol. The SMILES string of the molecule is C=C.C=C/C(=C\C)C(C)C(O)CCC. The van der Waals surface area contributed by atoms with Crippen LogP contribution in [0, 0.1) is 5.92 Å². The third kappa shape index (κ3) is 5.76. The first kappa shape index (κ1) is 15.6. The first-order valence-corrected chi connectivity index (χ1v) is 5.14. The molecule has 1 N–H and O–H groups in total. The molecule has 0 aliphatic carbocycles. The lowest BCUT2D eigenvalue weighted by atomic mass is 9.92. The Labute approximate surface area is 88.8 Å². The van der Waals surface area contributed by atoms with Gasteiger partial charge in [-0.3, -0.25) is 0 Å². The summed E-state index contributed by atoms with van der Waals surface area (Å²) < 4.78 is 0. The molecular formula is C13H24O. The van der Waals surface area contributed by atoms with E-state index in [2.05, 4.69) is 26.7 Å². The van der Waals surface area contributed by atoms with Crippen molar-refractivity contribution in [3.63, 3.8) is 0 Å². The van der Waals surface area contributed by atoms with Gasteiger partial charge in [0.25, 0.3) is 0 Å². The normalized spacial score (nSPS) is 15.0. The number of rotatable bonds is 5. The van der Waals surface area contributed by atoms with Gasteiger partial charge in [0.05, 0.1) is 6.10 Å². The number of hydrogen-bond acceptors (Lipinski definition) is 1. The van der Waals surface area contributed by atoms with E-state index in [-0.39, 0.29) is 12.0 Å². The molecule has 0 aromatic carbocycles. The van der Waals surface area contributed by atoms with E-state index in [0.717, 1.165) is 18.4 Å². The highest BCUT2D eigenvalue weighted by Crippen LogP contribution is 2.18. The Morgan fingerprint density at radius 3 is 2.21 bits per heavy atom. The monoisotopic (exact) mass is 196 g/mol. The Bertz CT molecular complexity index is 170. The lowest BCUT2D eigenvalue weighted by Crippen LogP contribution is -2.18. The highest BCUT2D eigenvalue weighted by molar-refractivity contribution is 5.19. The summed E-state index contributed by atoms with van der Waals surface area (Å²) in [6.07, 6.45) is 5.51. The summed E-state index contributed by atoms with van der Waals surface area (Å²) >= 11 is 0. The quantitative estimate of drug-likeness (QED) is 0.525. The van der Waals surface area contributed by atoms with E-state index < -0.39 is 0 Å². The molecule has 1 nitrogen and oxygen atoms in total. The highest BCUT2D eigenvalue weighted by atomic mass is 16.3. The minimum absolute atomic E-state index is 0.215. The zero-order valence-electron chi connectivity index (χ0n) is 9.79. The maximum absolute atomic E-state index is 9.66. The molecule has 2 unspecified atom stereocenters. The van der Waals surface area contributed by atoms with Crippen LogP contribution in [-0.2, 0) is 0 Å². The summed E-state index contributed by atoms with van der Waals surface area (Å²) in [6.45, 7) is 15.8. The molecule has 0 spiro atoms. The first-order chi connectivity index (χ1) is 6.67. The van der Waals surface area contributed by atoms with Gasteiger partial charge in [-0.15, -0.1) is 13.2 Å². The van der Waals surface area contributed by atoms with Crippen LogP contribution in [0.2, 0.25) is 0 Å². The molecule has 0 saturated carbocycles. The molecule has 0 bridgehead atoms. The number of allylic oxidation sites excluding steroid dienone is 2. The number of aliphatic hydroxyl groups is 1. The van der Waals surface area contributed by atoms with Crippen molar-refractivity contribution in [1.82, 2.24) is 0 Å². The molecule has 2 atom stereocenters. The zero-order valence-corrected chi connectivity index (χ0v) is 9.79. The van der Waals surface area contributed by atoms with Crippen LogP contribution in [0.25, 0.3) is 0 Å². The Kier molecular flexibility index (Phi) is 11.5. The second-order valence-electron chi connectivity index (χ2n) is 3.14. The predicted octanol–water partition coefficient (Wildman–Crippen LogP) is 3.72. The molecule has 0 amide bonds. The Hall–Kier alpha value is -0.820. The molecule has 0 fully saturated rings. The summed E-state index contributed by atoms with van der Waals surface area (Å²) in [7, 11) is 0. The fraction of sp³-hybridized carbons (Fsp3) is 0.538. The van der Waals surface area contributed by atoms with E-state index in [4.69, 9.17) is 0 Å². The van der Waals surface area contributed by atoms with E-state index in [1.54, 1.807) is 0 Å². The zero-order chi connectivity index (χ0) is 11.6. The average molecular weight is 196 g/mol.